The summed E-state index contributed by atoms with van der Waals surface area (Å²) in [6.45, 7) is 1.31. The van der Waals surface area contributed by atoms with Crippen molar-refractivity contribution in [1.29, 1.82) is 0 Å². The normalized spacial score (nSPS) is 22.8. The fourth-order valence-corrected chi connectivity index (χ4v) is 2.06. The van der Waals surface area contributed by atoms with Crippen molar-refractivity contribution in [2.24, 2.45) is 0 Å². The summed E-state index contributed by atoms with van der Waals surface area (Å²) in [5, 5.41) is 16.3. The van der Waals surface area contributed by atoms with Crippen LogP contribution in [0.3, 0.4) is 0 Å². The van der Waals surface area contributed by atoms with Gasteiger partial charge in [0.05, 0.1) is 12.9 Å². The third kappa shape index (κ3) is 2.32. The number of ether oxygens (including phenoxy) is 1. The summed E-state index contributed by atoms with van der Waals surface area (Å²) in [6.07, 6.45) is 2.19. The molecule has 102 valence electrons. The monoisotopic (exact) mass is 264 g/mol. The van der Waals surface area contributed by atoms with Gasteiger partial charge in [-0.15, -0.1) is 0 Å². The molecule has 0 spiro atoms. The molecule has 3 heterocycles. The number of nitrogens with one attached hydrogen (secondary N) is 3. The van der Waals surface area contributed by atoms with E-state index in [1.54, 1.807) is 13.4 Å². The lowest BCUT2D eigenvalue weighted by Gasteiger charge is -2.21. The van der Waals surface area contributed by atoms with Crippen molar-refractivity contribution in [3.8, 4) is 0 Å². The number of nitrogens with zero attached hydrogens (tertiary/aromatic N) is 3. The van der Waals surface area contributed by atoms with Crippen molar-refractivity contribution < 1.29 is 9.84 Å². The lowest BCUT2D eigenvalue weighted by atomic mass is 10.0. The summed E-state index contributed by atoms with van der Waals surface area (Å²) in [7, 11) is 1.75. The zero-order valence-electron chi connectivity index (χ0n) is 10.6. The highest BCUT2D eigenvalue weighted by Gasteiger charge is 2.32. The molecule has 19 heavy (non-hydrogen) atoms. The largest absolute Gasteiger partial charge is 0.386 e. The highest BCUT2D eigenvalue weighted by Crippen LogP contribution is 2.22. The Morgan fingerprint density at radius 2 is 2.42 bits per heavy atom. The van der Waals surface area contributed by atoms with Gasteiger partial charge in [-0.25, -0.2) is 4.98 Å². The Kier molecular flexibility index (Phi) is 2.96. The number of aromatic nitrogens is 4. The molecule has 0 aromatic carbocycles. The molecule has 0 saturated carbocycles. The van der Waals surface area contributed by atoms with E-state index in [0.29, 0.717) is 43.6 Å². The Morgan fingerprint density at radius 1 is 1.53 bits per heavy atom. The van der Waals surface area contributed by atoms with E-state index >= 15 is 0 Å². The average molecular weight is 264 g/mol. The molecule has 1 fully saturated rings. The Morgan fingerprint density at radius 3 is 3.16 bits per heavy atom. The molecule has 8 nitrogen and oxygen atoms in total. The lowest BCUT2D eigenvalue weighted by Crippen LogP contribution is -2.37. The zero-order valence-corrected chi connectivity index (χ0v) is 10.6. The minimum atomic E-state index is -0.836. The standard InChI is InChI=1S/C11H16N6O2/c1-12-10-16-8(7-9(17-10)15-6-14-7)13-4-11(18)2-3-19-5-11/h6,18H,2-5H2,1H3,(H3,12,13,14,15,16,17). The predicted octanol–water partition coefficient (Wildman–Crippen LogP) is -0.0421. The molecular weight excluding hydrogens is 248 g/mol. The molecule has 0 aliphatic carbocycles. The second-order valence-corrected chi connectivity index (χ2v) is 4.63. The van der Waals surface area contributed by atoms with Gasteiger partial charge in [0, 0.05) is 26.6 Å². The molecule has 0 radical (unpaired) electrons. The summed E-state index contributed by atoms with van der Waals surface area (Å²) in [5.74, 6) is 1.10. The van der Waals surface area contributed by atoms with Crippen LogP contribution in [0.25, 0.3) is 11.2 Å². The van der Waals surface area contributed by atoms with Gasteiger partial charge in [0.2, 0.25) is 5.95 Å². The van der Waals surface area contributed by atoms with E-state index in [1.165, 1.54) is 0 Å². The molecule has 3 rings (SSSR count). The van der Waals surface area contributed by atoms with Crippen molar-refractivity contribution in [1.82, 2.24) is 19.9 Å². The summed E-state index contributed by atoms with van der Waals surface area (Å²) >= 11 is 0. The fourth-order valence-electron chi connectivity index (χ4n) is 2.06. The summed E-state index contributed by atoms with van der Waals surface area (Å²) < 4.78 is 5.21. The fraction of sp³-hybridized carbons (Fsp3) is 0.545. The van der Waals surface area contributed by atoms with Gasteiger partial charge in [0.25, 0.3) is 0 Å². The Bertz CT molecular complexity index is 578. The molecule has 1 atom stereocenters. The van der Waals surface area contributed by atoms with Gasteiger partial charge >= 0.3 is 0 Å². The molecule has 2 aromatic rings. The maximum Gasteiger partial charge on any atom is 0.226 e. The number of aromatic amines is 1. The van der Waals surface area contributed by atoms with E-state index in [1.807, 2.05) is 0 Å². The van der Waals surface area contributed by atoms with Crippen molar-refractivity contribution >= 4 is 22.9 Å². The first-order chi connectivity index (χ1) is 9.20. The molecule has 4 N–H and O–H groups in total. The smallest absolute Gasteiger partial charge is 0.226 e. The van der Waals surface area contributed by atoms with E-state index in [9.17, 15) is 5.11 Å². The number of imidazole rings is 1. The van der Waals surface area contributed by atoms with E-state index in [2.05, 4.69) is 30.6 Å². The van der Waals surface area contributed by atoms with Crippen LogP contribution < -0.4 is 10.6 Å². The topological polar surface area (TPSA) is 108 Å². The van der Waals surface area contributed by atoms with Crippen LogP contribution in [0.2, 0.25) is 0 Å². The van der Waals surface area contributed by atoms with Crippen LogP contribution in [0, 0.1) is 0 Å². The Hall–Kier alpha value is -1.93. The van der Waals surface area contributed by atoms with E-state index in [-0.39, 0.29) is 0 Å². The van der Waals surface area contributed by atoms with Crippen LogP contribution in [0.5, 0.6) is 0 Å². The van der Waals surface area contributed by atoms with E-state index < -0.39 is 5.60 Å². The number of hydrogen-bond acceptors (Lipinski definition) is 7. The summed E-state index contributed by atoms with van der Waals surface area (Å²) in [6, 6.07) is 0. The van der Waals surface area contributed by atoms with Gasteiger partial charge < -0.3 is 25.5 Å². The molecular formula is C11H16N6O2. The van der Waals surface area contributed by atoms with E-state index in [0.717, 1.165) is 5.52 Å². The van der Waals surface area contributed by atoms with Crippen LogP contribution in [-0.2, 0) is 4.74 Å². The van der Waals surface area contributed by atoms with Gasteiger partial charge in [0.15, 0.2) is 11.5 Å². The SMILES string of the molecule is CNc1nc(NCC2(O)CCOC2)c2[nH]cnc2n1. The van der Waals surface area contributed by atoms with Crippen molar-refractivity contribution in [2.45, 2.75) is 12.0 Å². The van der Waals surface area contributed by atoms with Crippen LogP contribution >= 0.6 is 0 Å². The van der Waals surface area contributed by atoms with Crippen LogP contribution in [0.15, 0.2) is 6.33 Å². The molecule has 1 unspecified atom stereocenters. The van der Waals surface area contributed by atoms with Crippen LogP contribution in [0.1, 0.15) is 6.42 Å². The summed E-state index contributed by atoms with van der Waals surface area (Å²) in [5.41, 5.74) is 0.468. The van der Waals surface area contributed by atoms with Crippen molar-refractivity contribution in [2.75, 3.05) is 37.4 Å². The highest BCUT2D eigenvalue weighted by molar-refractivity contribution is 5.83. The second-order valence-electron chi connectivity index (χ2n) is 4.63. The van der Waals surface area contributed by atoms with Gasteiger partial charge in [0.1, 0.15) is 11.1 Å². The van der Waals surface area contributed by atoms with Gasteiger partial charge in [-0.2, -0.15) is 9.97 Å². The average Bonchev–Trinajstić information content (AvgIpc) is 3.04. The Balaban J connectivity index is 1.85. The predicted molar refractivity (Wildman–Crippen MR) is 70.1 cm³/mol. The molecule has 1 saturated heterocycles. The first kappa shape index (κ1) is 12.1. The first-order valence-electron chi connectivity index (χ1n) is 6.13. The number of rotatable bonds is 4. The number of fused-ring (bicyclic) bond motifs is 1. The molecule has 1 aliphatic heterocycles. The van der Waals surface area contributed by atoms with Crippen LogP contribution in [-0.4, -0.2) is 57.4 Å². The molecule has 1 aliphatic rings. The summed E-state index contributed by atoms with van der Waals surface area (Å²) in [4.78, 5) is 15.6. The van der Waals surface area contributed by atoms with Crippen molar-refractivity contribution in [3.63, 3.8) is 0 Å². The number of aliphatic hydroxyl groups is 1. The highest BCUT2D eigenvalue weighted by atomic mass is 16.5. The molecule has 8 heteroatoms. The maximum atomic E-state index is 10.2. The van der Waals surface area contributed by atoms with Gasteiger partial charge in [-0.3, -0.25) is 0 Å². The number of H-pyrrole nitrogens is 1. The van der Waals surface area contributed by atoms with Gasteiger partial charge in [-0.05, 0) is 0 Å². The second kappa shape index (κ2) is 4.63. The zero-order chi connectivity index (χ0) is 13.3. The third-order valence-electron chi connectivity index (χ3n) is 3.18. The molecule has 0 bridgehead atoms. The van der Waals surface area contributed by atoms with E-state index in [4.69, 9.17) is 4.74 Å². The molecule has 0 amide bonds. The minimum Gasteiger partial charge on any atom is -0.386 e. The third-order valence-corrected chi connectivity index (χ3v) is 3.18. The van der Waals surface area contributed by atoms with Gasteiger partial charge in [-0.1, -0.05) is 0 Å². The lowest BCUT2D eigenvalue weighted by molar-refractivity contribution is 0.0381. The maximum absolute atomic E-state index is 10.2. The first-order valence-corrected chi connectivity index (χ1v) is 6.13. The van der Waals surface area contributed by atoms with Crippen LogP contribution in [0.4, 0.5) is 11.8 Å². The quantitative estimate of drug-likeness (QED) is 0.613. The Labute approximate surface area is 109 Å². The molecule has 2 aromatic heterocycles. The van der Waals surface area contributed by atoms with Crippen molar-refractivity contribution in [3.05, 3.63) is 6.33 Å². The number of hydrogen-bond donors (Lipinski definition) is 4. The number of anilines is 2. The minimum absolute atomic E-state index is 0.343.